The van der Waals surface area contributed by atoms with Crippen molar-refractivity contribution in [2.75, 3.05) is 51.1 Å². The summed E-state index contributed by atoms with van der Waals surface area (Å²) in [6.45, 7) is 6.93. The lowest BCUT2D eigenvalue weighted by molar-refractivity contribution is 0.0696. The third-order valence-electron chi connectivity index (χ3n) is 6.53. The molecule has 2 aliphatic rings. The van der Waals surface area contributed by atoms with Gasteiger partial charge in [0, 0.05) is 51.5 Å². The molecule has 0 saturated carbocycles. The molecule has 4 rings (SSSR count). The van der Waals surface area contributed by atoms with Crippen LogP contribution in [-0.2, 0) is 6.54 Å². The Balaban J connectivity index is 1.23. The van der Waals surface area contributed by atoms with Crippen LogP contribution in [0.4, 0.5) is 10.5 Å². The van der Waals surface area contributed by atoms with E-state index in [9.17, 15) is 14.7 Å². The van der Waals surface area contributed by atoms with E-state index >= 15 is 0 Å². The quantitative estimate of drug-likeness (QED) is 0.593. The molecule has 182 valence electrons. The van der Waals surface area contributed by atoms with Gasteiger partial charge in [-0.3, -0.25) is 9.80 Å². The van der Waals surface area contributed by atoms with E-state index in [0.717, 1.165) is 51.3 Å². The van der Waals surface area contributed by atoms with Crippen molar-refractivity contribution in [1.29, 1.82) is 0 Å². The number of benzene rings is 2. The summed E-state index contributed by atoms with van der Waals surface area (Å²) in [6, 6.07) is 12.2. The molecule has 2 aromatic carbocycles. The Labute approximate surface area is 210 Å². The fourth-order valence-corrected chi connectivity index (χ4v) is 5.08. The first-order chi connectivity index (χ1) is 16.4. The molecule has 9 heteroatoms. The Morgan fingerprint density at radius 1 is 0.971 bits per heavy atom. The number of carbonyl (C=O) groups excluding carboxylic acids is 1. The zero-order valence-corrected chi connectivity index (χ0v) is 20.6. The number of anilines is 1. The summed E-state index contributed by atoms with van der Waals surface area (Å²) in [5, 5.41) is 13.0. The number of hydrogen-bond acceptors (Lipinski definition) is 4. The second-order valence-corrected chi connectivity index (χ2v) is 9.91. The van der Waals surface area contributed by atoms with Crippen LogP contribution in [0, 0.1) is 5.92 Å². The molecule has 2 fully saturated rings. The number of carboxylic acids is 1. The number of nitrogens with one attached hydrogen (secondary N) is 1. The Morgan fingerprint density at radius 3 is 2.50 bits per heavy atom. The van der Waals surface area contributed by atoms with E-state index in [1.165, 1.54) is 6.42 Å². The first-order valence-electron chi connectivity index (χ1n) is 11.7. The number of hydrogen-bond donors (Lipinski definition) is 2. The highest BCUT2D eigenvalue weighted by Gasteiger charge is 2.26. The van der Waals surface area contributed by atoms with E-state index in [2.05, 4.69) is 15.1 Å². The first-order valence-corrected chi connectivity index (χ1v) is 12.4. The minimum Gasteiger partial charge on any atom is -0.478 e. The van der Waals surface area contributed by atoms with Gasteiger partial charge in [-0.1, -0.05) is 35.3 Å². The van der Waals surface area contributed by atoms with Crippen molar-refractivity contribution in [3.8, 4) is 0 Å². The molecule has 2 amide bonds. The standard InChI is InChI=1S/C25H30Cl2N4O3/c26-22-7-6-21(14-23(22)27)28-25(34)31-11-9-29(10-12-31)16-19-4-2-8-30(17-19)15-18-3-1-5-20(13-18)24(32)33/h1,3,5-7,13-14,19H,2,4,8-12,15-17H2,(H,28,34)(H,32,33)/t19-/m0/s1. The SMILES string of the molecule is O=C(O)c1cccc(CN2CCC[C@@H](CN3CCN(C(=O)Nc4ccc(Cl)c(Cl)c4)CC3)C2)c1. The summed E-state index contributed by atoms with van der Waals surface area (Å²) in [7, 11) is 0. The van der Waals surface area contributed by atoms with Crippen molar-refractivity contribution in [2.24, 2.45) is 5.92 Å². The summed E-state index contributed by atoms with van der Waals surface area (Å²) >= 11 is 12.0. The van der Waals surface area contributed by atoms with Crippen molar-refractivity contribution in [3.63, 3.8) is 0 Å². The van der Waals surface area contributed by atoms with Gasteiger partial charge >= 0.3 is 12.0 Å². The number of urea groups is 1. The van der Waals surface area contributed by atoms with Crippen LogP contribution < -0.4 is 5.32 Å². The number of aromatic carboxylic acids is 1. The second kappa shape index (κ2) is 11.4. The number of piperazine rings is 1. The van der Waals surface area contributed by atoms with Gasteiger partial charge in [0.25, 0.3) is 0 Å². The van der Waals surface area contributed by atoms with Gasteiger partial charge in [-0.2, -0.15) is 0 Å². The predicted molar refractivity (Wildman–Crippen MR) is 135 cm³/mol. The van der Waals surface area contributed by atoms with Crippen molar-refractivity contribution in [2.45, 2.75) is 19.4 Å². The van der Waals surface area contributed by atoms with Crippen molar-refractivity contribution < 1.29 is 14.7 Å². The summed E-state index contributed by atoms with van der Waals surface area (Å²) in [5.41, 5.74) is 2.02. The van der Waals surface area contributed by atoms with Crippen LogP contribution in [0.2, 0.25) is 10.0 Å². The maximum absolute atomic E-state index is 12.6. The molecule has 2 N–H and O–H groups in total. The highest BCUT2D eigenvalue weighted by molar-refractivity contribution is 6.42. The monoisotopic (exact) mass is 504 g/mol. The van der Waals surface area contributed by atoms with Gasteiger partial charge in [0.15, 0.2) is 0 Å². The summed E-state index contributed by atoms with van der Waals surface area (Å²) in [5.74, 6) is -0.309. The van der Waals surface area contributed by atoms with E-state index in [1.807, 2.05) is 17.0 Å². The molecule has 0 unspecified atom stereocenters. The van der Waals surface area contributed by atoms with Crippen LogP contribution in [-0.4, -0.2) is 77.6 Å². The second-order valence-electron chi connectivity index (χ2n) is 9.10. The maximum Gasteiger partial charge on any atom is 0.335 e. The molecule has 2 heterocycles. The average Bonchev–Trinajstić information content (AvgIpc) is 2.82. The lowest BCUT2D eigenvalue weighted by atomic mass is 9.96. The number of carbonyl (C=O) groups is 2. The van der Waals surface area contributed by atoms with Gasteiger partial charge in [0.2, 0.25) is 0 Å². The summed E-state index contributed by atoms with van der Waals surface area (Å²) in [6.07, 6.45) is 2.35. The Kier molecular flexibility index (Phi) is 8.32. The molecule has 0 radical (unpaired) electrons. The zero-order valence-electron chi connectivity index (χ0n) is 19.1. The molecule has 1 atom stereocenters. The fourth-order valence-electron chi connectivity index (χ4n) is 4.78. The number of rotatable bonds is 6. The highest BCUT2D eigenvalue weighted by atomic mass is 35.5. The van der Waals surface area contributed by atoms with Crippen LogP contribution in [0.5, 0.6) is 0 Å². The predicted octanol–water partition coefficient (Wildman–Crippen LogP) is 4.75. The van der Waals surface area contributed by atoms with E-state index in [4.69, 9.17) is 23.2 Å². The van der Waals surface area contributed by atoms with Gasteiger partial charge in [-0.25, -0.2) is 9.59 Å². The summed E-state index contributed by atoms with van der Waals surface area (Å²) in [4.78, 5) is 30.6. The molecular formula is C25H30Cl2N4O3. The minimum atomic E-state index is -0.886. The minimum absolute atomic E-state index is 0.120. The van der Waals surface area contributed by atoms with Gasteiger partial charge < -0.3 is 15.3 Å². The Bertz CT molecular complexity index is 1030. The number of nitrogens with zero attached hydrogens (tertiary/aromatic N) is 3. The highest BCUT2D eigenvalue weighted by Crippen LogP contribution is 2.25. The topological polar surface area (TPSA) is 76.1 Å². The Hall–Kier alpha value is -2.32. The van der Waals surface area contributed by atoms with E-state index in [-0.39, 0.29) is 6.03 Å². The lowest BCUT2D eigenvalue weighted by Gasteiger charge is -2.39. The third-order valence-corrected chi connectivity index (χ3v) is 7.27. The van der Waals surface area contributed by atoms with Crippen molar-refractivity contribution in [1.82, 2.24) is 14.7 Å². The zero-order chi connectivity index (χ0) is 24.1. The molecule has 2 saturated heterocycles. The molecule has 0 aromatic heterocycles. The van der Waals surface area contributed by atoms with E-state index in [1.54, 1.807) is 30.3 Å². The first kappa shape index (κ1) is 24.8. The molecule has 7 nitrogen and oxygen atoms in total. The Morgan fingerprint density at radius 2 is 1.76 bits per heavy atom. The third kappa shape index (κ3) is 6.63. The number of piperidine rings is 1. The maximum atomic E-state index is 12.6. The van der Waals surface area contributed by atoms with Crippen LogP contribution in [0.15, 0.2) is 42.5 Å². The van der Waals surface area contributed by atoms with Crippen LogP contribution in [0.25, 0.3) is 0 Å². The number of carboxylic acid groups (broad SMARTS) is 1. The number of likely N-dealkylation sites (tertiary alicyclic amines) is 1. The molecule has 2 aliphatic heterocycles. The number of halogens is 2. The van der Waals surface area contributed by atoms with Crippen LogP contribution >= 0.6 is 23.2 Å². The van der Waals surface area contributed by atoms with Gasteiger partial charge in [-0.15, -0.1) is 0 Å². The van der Waals surface area contributed by atoms with E-state index < -0.39 is 5.97 Å². The van der Waals surface area contributed by atoms with Gasteiger partial charge in [0.05, 0.1) is 15.6 Å². The molecule has 0 aliphatic carbocycles. The van der Waals surface area contributed by atoms with Crippen molar-refractivity contribution in [3.05, 3.63) is 63.6 Å². The smallest absolute Gasteiger partial charge is 0.335 e. The van der Waals surface area contributed by atoms with Gasteiger partial charge in [0.1, 0.15) is 0 Å². The largest absolute Gasteiger partial charge is 0.478 e. The van der Waals surface area contributed by atoms with E-state index in [0.29, 0.717) is 40.3 Å². The molecular weight excluding hydrogens is 475 g/mol. The average molecular weight is 505 g/mol. The summed E-state index contributed by atoms with van der Waals surface area (Å²) < 4.78 is 0. The van der Waals surface area contributed by atoms with Crippen LogP contribution in [0.1, 0.15) is 28.8 Å². The molecule has 2 aromatic rings. The lowest BCUT2D eigenvalue weighted by Crippen LogP contribution is -2.52. The van der Waals surface area contributed by atoms with Crippen LogP contribution in [0.3, 0.4) is 0 Å². The molecule has 34 heavy (non-hydrogen) atoms. The fraction of sp³-hybridized carbons (Fsp3) is 0.440. The normalized spacial score (nSPS) is 19.7. The molecule has 0 bridgehead atoms. The van der Waals surface area contributed by atoms with Crippen molar-refractivity contribution >= 4 is 40.9 Å². The van der Waals surface area contributed by atoms with Gasteiger partial charge in [-0.05, 0) is 61.2 Å². The molecule has 0 spiro atoms. The number of amides is 2.